The predicted molar refractivity (Wildman–Crippen MR) is 83.9 cm³/mol. The number of nitrogens with zero attached hydrogens (tertiary/aromatic N) is 6. The molecule has 0 saturated carbocycles. The predicted octanol–water partition coefficient (Wildman–Crippen LogP) is 2.50. The maximum atomic E-state index is 5.15. The van der Waals surface area contributed by atoms with Gasteiger partial charge in [0.1, 0.15) is 11.5 Å². The number of rotatable bonds is 4. The van der Waals surface area contributed by atoms with E-state index >= 15 is 0 Å². The van der Waals surface area contributed by atoms with E-state index in [0.29, 0.717) is 6.54 Å². The van der Waals surface area contributed by atoms with Crippen LogP contribution in [0.15, 0.2) is 41.4 Å². The second-order valence-corrected chi connectivity index (χ2v) is 5.35. The fraction of sp³-hybridized carbons (Fsp3) is 0.250. The fourth-order valence-electron chi connectivity index (χ4n) is 2.78. The van der Waals surface area contributed by atoms with Crippen molar-refractivity contribution in [1.82, 2.24) is 29.1 Å². The zero-order valence-corrected chi connectivity index (χ0v) is 13.0. The number of aromatic nitrogens is 6. The van der Waals surface area contributed by atoms with Crippen LogP contribution < -0.4 is 0 Å². The highest BCUT2D eigenvalue weighted by molar-refractivity contribution is 5.49. The Kier molecular flexibility index (Phi) is 3.18. The average Bonchev–Trinajstić information content (AvgIpc) is 3.25. The summed E-state index contributed by atoms with van der Waals surface area (Å²) in [6, 6.07) is 3.79. The van der Waals surface area contributed by atoms with Gasteiger partial charge in [0.05, 0.1) is 12.2 Å². The summed E-state index contributed by atoms with van der Waals surface area (Å²) in [4.78, 5) is 13.4. The maximum absolute atomic E-state index is 5.15. The summed E-state index contributed by atoms with van der Waals surface area (Å²) in [5, 5.41) is 4.05. The van der Waals surface area contributed by atoms with E-state index in [0.717, 1.165) is 40.9 Å². The van der Waals surface area contributed by atoms with Crippen LogP contribution in [0.3, 0.4) is 0 Å². The molecule has 0 spiro atoms. The highest BCUT2D eigenvalue weighted by Crippen LogP contribution is 2.20. The SMILES string of the molecule is CCc1c(Cn2ccnc2-c2cc(C)on2)nc2ncccn12. The first-order valence-corrected chi connectivity index (χ1v) is 7.52. The largest absolute Gasteiger partial charge is 0.361 e. The van der Waals surface area contributed by atoms with Crippen LogP contribution in [0.25, 0.3) is 17.3 Å². The highest BCUT2D eigenvalue weighted by atomic mass is 16.5. The molecule has 23 heavy (non-hydrogen) atoms. The van der Waals surface area contributed by atoms with Crippen molar-refractivity contribution in [1.29, 1.82) is 0 Å². The molecule has 4 rings (SSSR count). The fourth-order valence-corrected chi connectivity index (χ4v) is 2.78. The van der Waals surface area contributed by atoms with Crippen molar-refractivity contribution in [2.75, 3.05) is 0 Å². The van der Waals surface area contributed by atoms with Crippen LogP contribution in [0.2, 0.25) is 0 Å². The van der Waals surface area contributed by atoms with Gasteiger partial charge in [-0.2, -0.15) is 0 Å². The first-order chi connectivity index (χ1) is 11.3. The van der Waals surface area contributed by atoms with Gasteiger partial charge in [-0.25, -0.2) is 15.0 Å². The van der Waals surface area contributed by atoms with Crippen molar-refractivity contribution in [2.24, 2.45) is 0 Å². The minimum atomic E-state index is 0.619. The standard InChI is InChI=1S/C16H16N6O/c1-3-14-13(19-16-18-5-4-7-22(14)16)10-21-8-6-17-15(21)12-9-11(2)23-20-12/h4-9H,3,10H2,1-2H3. The molecule has 0 radical (unpaired) electrons. The minimum Gasteiger partial charge on any atom is -0.361 e. The summed E-state index contributed by atoms with van der Waals surface area (Å²) in [5.41, 5.74) is 2.88. The first-order valence-electron chi connectivity index (χ1n) is 7.52. The van der Waals surface area contributed by atoms with E-state index in [1.165, 1.54) is 0 Å². The Balaban J connectivity index is 1.76. The third-order valence-electron chi connectivity index (χ3n) is 3.81. The Bertz CT molecular complexity index is 964. The van der Waals surface area contributed by atoms with Crippen molar-refractivity contribution in [3.63, 3.8) is 0 Å². The number of hydrogen-bond acceptors (Lipinski definition) is 5. The van der Waals surface area contributed by atoms with Gasteiger partial charge in [0.25, 0.3) is 0 Å². The van der Waals surface area contributed by atoms with E-state index in [1.54, 1.807) is 12.4 Å². The van der Waals surface area contributed by atoms with Crippen molar-refractivity contribution < 1.29 is 4.52 Å². The molecule has 0 saturated heterocycles. The Morgan fingerprint density at radius 1 is 1.17 bits per heavy atom. The van der Waals surface area contributed by atoms with Crippen LogP contribution in [0, 0.1) is 6.92 Å². The molecule has 0 aromatic carbocycles. The molecule has 0 fully saturated rings. The molecule has 7 heteroatoms. The monoisotopic (exact) mass is 308 g/mol. The Hall–Kier alpha value is -2.96. The third kappa shape index (κ3) is 2.30. The summed E-state index contributed by atoms with van der Waals surface area (Å²) in [7, 11) is 0. The van der Waals surface area contributed by atoms with E-state index in [9.17, 15) is 0 Å². The number of aryl methyl sites for hydroxylation is 2. The molecule has 0 aliphatic rings. The van der Waals surface area contributed by atoms with E-state index in [2.05, 4.69) is 27.0 Å². The number of imidazole rings is 2. The van der Waals surface area contributed by atoms with Crippen LogP contribution >= 0.6 is 0 Å². The molecule has 0 N–H and O–H groups in total. The number of fused-ring (bicyclic) bond motifs is 1. The lowest BCUT2D eigenvalue weighted by atomic mass is 10.2. The van der Waals surface area contributed by atoms with Crippen LogP contribution in [0.1, 0.15) is 24.1 Å². The molecule has 4 aromatic rings. The van der Waals surface area contributed by atoms with Crippen molar-refractivity contribution in [3.05, 3.63) is 54.1 Å². The smallest absolute Gasteiger partial charge is 0.234 e. The minimum absolute atomic E-state index is 0.619. The molecule has 4 heterocycles. The summed E-state index contributed by atoms with van der Waals surface area (Å²) in [6.45, 7) is 4.61. The van der Waals surface area contributed by atoms with E-state index in [4.69, 9.17) is 4.52 Å². The molecule has 7 nitrogen and oxygen atoms in total. The van der Waals surface area contributed by atoms with Gasteiger partial charge < -0.3 is 9.09 Å². The summed E-state index contributed by atoms with van der Waals surface area (Å²) in [5.74, 6) is 2.26. The van der Waals surface area contributed by atoms with Gasteiger partial charge in [0.2, 0.25) is 5.78 Å². The van der Waals surface area contributed by atoms with Gasteiger partial charge in [0, 0.05) is 36.5 Å². The lowest BCUT2D eigenvalue weighted by molar-refractivity contribution is 0.399. The molecule has 0 unspecified atom stereocenters. The molecule has 4 aromatic heterocycles. The van der Waals surface area contributed by atoms with Crippen LogP contribution in [-0.4, -0.2) is 29.1 Å². The highest BCUT2D eigenvalue weighted by Gasteiger charge is 2.15. The molecular formula is C16H16N6O. The van der Waals surface area contributed by atoms with E-state index in [-0.39, 0.29) is 0 Å². The Labute approximate surface area is 132 Å². The van der Waals surface area contributed by atoms with E-state index < -0.39 is 0 Å². The van der Waals surface area contributed by atoms with Gasteiger partial charge in [-0.3, -0.25) is 4.40 Å². The average molecular weight is 308 g/mol. The Morgan fingerprint density at radius 3 is 2.87 bits per heavy atom. The van der Waals surface area contributed by atoms with Crippen molar-refractivity contribution in [3.8, 4) is 11.5 Å². The summed E-state index contributed by atoms with van der Waals surface area (Å²) in [6.07, 6.45) is 8.32. The van der Waals surface area contributed by atoms with Gasteiger partial charge in [-0.1, -0.05) is 12.1 Å². The molecule has 0 amide bonds. The van der Waals surface area contributed by atoms with Gasteiger partial charge in [0.15, 0.2) is 5.82 Å². The maximum Gasteiger partial charge on any atom is 0.234 e. The quantitative estimate of drug-likeness (QED) is 0.579. The third-order valence-corrected chi connectivity index (χ3v) is 3.81. The second kappa shape index (κ2) is 5.35. The second-order valence-electron chi connectivity index (χ2n) is 5.35. The lowest BCUT2D eigenvalue weighted by Gasteiger charge is -2.05. The van der Waals surface area contributed by atoms with Crippen LogP contribution in [0.5, 0.6) is 0 Å². The Morgan fingerprint density at radius 2 is 2.09 bits per heavy atom. The van der Waals surface area contributed by atoms with Gasteiger partial charge >= 0.3 is 0 Å². The summed E-state index contributed by atoms with van der Waals surface area (Å²) >= 11 is 0. The summed E-state index contributed by atoms with van der Waals surface area (Å²) < 4.78 is 9.21. The van der Waals surface area contributed by atoms with Gasteiger partial charge in [-0.15, -0.1) is 0 Å². The molecular weight excluding hydrogens is 292 g/mol. The lowest BCUT2D eigenvalue weighted by Crippen LogP contribution is -2.04. The number of hydrogen-bond donors (Lipinski definition) is 0. The van der Waals surface area contributed by atoms with Crippen molar-refractivity contribution in [2.45, 2.75) is 26.8 Å². The van der Waals surface area contributed by atoms with Crippen LogP contribution in [0.4, 0.5) is 0 Å². The van der Waals surface area contributed by atoms with Crippen molar-refractivity contribution >= 4 is 5.78 Å². The molecule has 0 atom stereocenters. The van der Waals surface area contributed by atoms with Gasteiger partial charge in [-0.05, 0) is 19.4 Å². The normalized spacial score (nSPS) is 11.4. The van der Waals surface area contributed by atoms with E-state index in [1.807, 2.05) is 40.4 Å². The molecule has 0 aliphatic heterocycles. The molecule has 0 bridgehead atoms. The van der Waals surface area contributed by atoms with Crippen LogP contribution in [-0.2, 0) is 13.0 Å². The topological polar surface area (TPSA) is 74.0 Å². The molecule has 116 valence electrons. The molecule has 0 aliphatic carbocycles. The zero-order valence-electron chi connectivity index (χ0n) is 13.0. The first kappa shape index (κ1) is 13.7. The zero-order chi connectivity index (χ0) is 15.8.